The van der Waals surface area contributed by atoms with Crippen LogP contribution in [0.1, 0.15) is 18.2 Å². The van der Waals surface area contributed by atoms with Crippen molar-refractivity contribution in [3.63, 3.8) is 0 Å². The standard InChI is InChI=1S/C18H12BrClFN3O2/c19-12-3-1-2-10(6-12)17-22-18(26-23-17)11-7-16(25)24(9-11)15-8-13(21)4-5-14(15)20/h1-6,8,11H,7,9H2. The number of carbonyl (C=O) groups excluding carboxylic acids is 1. The van der Waals surface area contributed by atoms with Gasteiger partial charge in [0.25, 0.3) is 0 Å². The molecule has 1 aliphatic rings. The molecule has 5 nitrogen and oxygen atoms in total. The van der Waals surface area contributed by atoms with Crippen LogP contribution >= 0.6 is 27.5 Å². The molecule has 1 aromatic heterocycles. The summed E-state index contributed by atoms with van der Waals surface area (Å²) < 4.78 is 19.8. The minimum Gasteiger partial charge on any atom is -0.339 e. The van der Waals surface area contributed by atoms with Crippen molar-refractivity contribution in [3.8, 4) is 11.4 Å². The molecular weight excluding hydrogens is 425 g/mol. The molecule has 2 aromatic carbocycles. The Kier molecular flexibility index (Phi) is 4.50. The smallest absolute Gasteiger partial charge is 0.232 e. The zero-order chi connectivity index (χ0) is 18.3. The third kappa shape index (κ3) is 3.24. The van der Waals surface area contributed by atoms with Gasteiger partial charge in [-0.05, 0) is 30.3 Å². The summed E-state index contributed by atoms with van der Waals surface area (Å²) in [6.07, 6.45) is 0.201. The summed E-state index contributed by atoms with van der Waals surface area (Å²) in [6.45, 7) is 0.308. The topological polar surface area (TPSA) is 59.2 Å². The number of nitrogens with zero attached hydrogens (tertiary/aromatic N) is 3. The fourth-order valence-corrected chi connectivity index (χ4v) is 3.56. The normalized spacial score (nSPS) is 17.1. The van der Waals surface area contributed by atoms with E-state index in [-0.39, 0.29) is 18.2 Å². The van der Waals surface area contributed by atoms with Crippen molar-refractivity contribution in [1.82, 2.24) is 10.1 Å². The average molecular weight is 437 g/mol. The van der Waals surface area contributed by atoms with Crippen molar-refractivity contribution in [2.75, 3.05) is 11.4 Å². The third-order valence-corrected chi connectivity index (χ3v) is 5.01. The number of carbonyl (C=O) groups is 1. The van der Waals surface area contributed by atoms with Crippen LogP contribution in [-0.2, 0) is 4.79 Å². The highest BCUT2D eigenvalue weighted by atomic mass is 79.9. The molecule has 1 fully saturated rings. The number of anilines is 1. The molecule has 0 bridgehead atoms. The predicted octanol–water partition coefficient (Wildman–Crippen LogP) is 4.81. The zero-order valence-corrected chi connectivity index (χ0v) is 15.7. The van der Waals surface area contributed by atoms with E-state index < -0.39 is 5.82 Å². The molecule has 26 heavy (non-hydrogen) atoms. The molecule has 3 aromatic rings. The summed E-state index contributed by atoms with van der Waals surface area (Å²) in [5.74, 6) is -0.0466. The van der Waals surface area contributed by atoms with Crippen molar-refractivity contribution in [2.45, 2.75) is 12.3 Å². The number of hydrogen-bond donors (Lipinski definition) is 0. The summed E-state index contributed by atoms with van der Waals surface area (Å²) in [5.41, 5.74) is 1.16. The number of rotatable bonds is 3. The summed E-state index contributed by atoms with van der Waals surface area (Å²) in [5, 5.41) is 4.32. The molecule has 4 rings (SSSR count). The first kappa shape index (κ1) is 17.2. The average Bonchev–Trinajstić information content (AvgIpc) is 3.24. The molecule has 1 atom stereocenters. The first-order valence-electron chi connectivity index (χ1n) is 7.86. The maximum atomic E-state index is 13.5. The van der Waals surface area contributed by atoms with Crippen LogP contribution in [0.15, 0.2) is 51.5 Å². The van der Waals surface area contributed by atoms with Crippen LogP contribution in [0.5, 0.6) is 0 Å². The van der Waals surface area contributed by atoms with Crippen LogP contribution in [0, 0.1) is 5.82 Å². The number of hydrogen-bond acceptors (Lipinski definition) is 4. The molecule has 1 unspecified atom stereocenters. The predicted molar refractivity (Wildman–Crippen MR) is 98.6 cm³/mol. The Morgan fingerprint density at radius 3 is 2.92 bits per heavy atom. The molecule has 0 radical (unpaired) electrons. The number of aromatic nitrogens is 2. The van der Waals surface area contributed by atoms with Gasteiger partial charge in [-0.25, -0.2) is 4.39 Å². The van der Waals surface area contributed by atoms with Crippen molar-refractivity contribution in [1.29, 1.82) is 0 Å². The lowest BCUT2D eigenvalue weighted by atomic mass is 10.1. The maximum Gasteiger partial charge on any atom is 0.232 e. The van der Waals surface area contributed by atoms with E-state index in [1.807, 2.05) is 24.3 Å². The van der Waals surface area contributed by atoms with Crippen LogP contribution < -0.4 is 4.90 Å². The highest BCUT2D eigenvalue weighted by Gasteiger charge is 2.36. The molecule has 1 saturated heterocycles. The lowest BCUT2D eigenvalue weighted by Crippen LogP contribution is -2.24. The van der Waals surface area contributed by atoms with Crippen LogP contribution in [0.25, 0.3) is 11.4 Å². The van der Waals surface area contributed by atoms with Gasteiger partial charge in [-0.1, -0.05) is 44.8 Å². The van der Waals surface area contributed by atoms with Gasteiger partial charge < -0.3 is 9.42 Å². The lowest BCUT2D eigenvalue weighted by Gasteiger charge is -2.17. The maximum absolute atomic E-state index is 13.5. The van der Waals surface area contributed by atoms with Gasteiger partial charge in [-0.2, -0.15) is 4.98 Å². The first-order chi connectivity index (χ1) is 12.5. The van der Waals surface area contributed by atoms with E-state index in [1.54, 1.807) is 0 Å². The Balaban J connectivity index is 1.59. The monoisotopic (exact) mass is 435 g/mol. The van der Waals surface area contributed by atoms with Crippen molar-refractivity contribution in [3.05, 3.63) is 63.7 Å². The summed E-state index contributed by atoms with van der Waals surface area (Å²) >= 11 is 9.52. The van der Waals surface area contributed by atoms with Gasteiger partial charge in [0.15, 0.2) is 0 Å². The fourth-order valence-electron chi connectivity index (χ4n) is 2.94. The van der Waals surface area contributed by atoms with Gasteiger partial charge in [-0.3, -0.25) is 4.79 Å². The highest BCUT2D eigenvalue weighted by Crippen LogP contribution is 2.35. The zero-order valence-electron chi connectivity index (χ0n) is 13.3. The second-order valence-corrected chi connectivity index (χ2v) is 7.29. The van der Waals surface area contributed by atoms with E-state index in [9.17, 15) is 9.18 Å². The Bertz CT molecular complexity index is 994. The van der Waals surface area contributed by atoms with Gasteiger partial charge in [0.1, 0.15) is 5.82 Å². The van der Waals surface area contributed by atoms with E-state index in [0.717, 1.165) is 10.0 Å². The van der Waals surface area contributed by atoms with E-state index in [2.05, 4.69) is 26.1 Å². The van der Waals surface area contributed by atoms with E-state index >= 15 is 0 Å². The fraction of sp³-hybridized carbons (Fsp3) is 0.167. The van der Waals surface area contributed by atoms with Crippen LogP contribution in [0.2, 0.25) is 5.02 Å². The van der Waals surface area contributed by atoms with E-state index in [4.69, 9.17) is 16.1 Å². The van der Waals surface area contributed by atoms with E-state index in [0.29, 0.717) is 29.0 Å². The van der Waals surface area contributed by atoms with Gasteiger partial charge in [0, 0.05) is 23.0 Å². The van der Waals surface area contributed by atoms with Gasteiger partial charge >= 0.3 is 0 Å². The Labute approximate surface area is 161 Å². The largest absolute Gasteiger partial charge is 0.339 e. The molecule has 0 saturated carbocycles. The van der Waals surface area contributed by atoms with Crippen molar-refractivity contribution < 1.29 is 13.7 Å². The first-order valence-corrected chi connectivity index (χ1v) is 9.03. The minimum absolute atomic E-state index is 0.162. The molecule has 8 heteroatoms. The molecule has 0 N–H and O–H groups in total. The summed E-state index contributed by atoms with van der Waals surface area (Å²) in [6, 6.07) is 11.5. The Morgan fingerprint density at radius 1 is 1.27 bits per heavy atom. The third-order valence-electron chi connectivity index (χ3n) is 4.20. The second kappa shape index (κ2) is 6.81. The van der Waals surface area contributed by atoms with Crippen molar-refractivity contribution >= 4 is 39.1 Å². The van der Waals surface area contributed by atoms with Crippen molar-refractivity contribution in [2.24, 2.45) is 0 Å². The summed E-state index contributed by atoms with van der Waals surface area (Å²) in [7, 11) is 0. The van der Waals surface area contributed by atoms with Crippen LogP contribution in [0.4, 0.5) is 10.1 Å². The van der Waals surface area contributed by atoms with Gasteiger partial charge in [0.2, 0.25) is 17.6 Å². The van der Waals surface area contributed by atoms with Gasteiger partial charge in [-0.15, -0.1) is 0 Å². The van der Waals surface area contributed by atoms with E-state index in [1.165, 1.54) is 23.1 Å². The quantitative estimate of drug-likeness (QED) is 0.591. The molecular formula is C18H12BrClFN3O2. The molecule has 0 aliphatic carbocycles. The van der Waals surface area contributed by atoms with Crippen LogP contribution in [0.3, 0.4) is 0 Å². The SMILES string of the molecule is O=C1CC(c2nc(-c3cccc(Br)c3)no2)CN1c1cc(F)ccc1Cl. The highest BCUT2D eigenvalue weighted by molar-refractivity contribution is 9.10. The minimum atomic E-state index is -0.449. The number of benzene rings is 2. The summed E-state index contributed by atoms with van der Waals surface area (Å²) in [4.78, 5) is 18.3. The van der Waals surface area contributed by atoms with Gasteiger partial charge in [0.05, 0.1) is 16.6 Å². The Morgan fingerprint density at radius 2 is 2.12 bits per heavy atom. The van der Waals surface area contributed by atoms with Crippen LogP contribution in [-0.4, -0.2) is 22.6 Å². The number of amides is 1. The molecule has 2 heterocycles. The second-order valence-electron chi connectivity index (χ2n) is 5.97. The molecule has 132 valence electrons. The molecule has 1 aliphatic heterocycles. The molecule has 0 spiro atoms. The Hall–Kier alpha value is -2.25. The molecule has 1 amide bonds. The number of halogens is 3. The lowest BCUT2D eigenvalue weighted by molar-refractivity contribution is -0.117.